The molecule has 1 aliphatic heterocycles. The highest BCUT2D eigenvalue weighted by molar-refractivity contribution is 5.51. The first kappa shape index (κ1) is 13.7. The van der Waals surface area contributed by atoms with Gasteiger partial charge in [-0.3, -0.25) is 10.1 Å². The van der Waals surface area contributed by atoms with Gasteiger partial charge >= 0.3 is 0 Å². The molecule has 1 aromatic rings. The monoisotopic (exact) mass is 271 g/mol. The first-order chi connectivity index (χ1) is 9.08. The molecule has 2 rings (SSSR count). The molecule has 0 aromatic heterocycles. The number of non-ortho nitro benzene ring substituents is 1. The second-order valence-electron chi connectivity index (χ2n) is 4.55. The second kappa shape index (κ2) is 5.92. The molecule has 19 heavy (non-hydrogen) atoms. The van der Waals surface area contributed by atoms with E-state index in [0.717, 1.165) is 37.9 Å². The first-order valence-electron chi connectivity index (χ1n) is 6.18. The van der Waals surface area contributed by atoms with Crippen molar-refractivity contribution >= 4 is 11.4 Å². The standard InChI is InChI=1S/C12H15F2N3O2/c13-10-6-9(17(18)19)7-11(14)12(10)16-5-3-8-2-1-4-15-8/h6-8,15-16H,1-5H2/t8-/m0/s1. The van der Waals surface area contributed by atoms with E-state index in [1.807, 2.05) is 0 Å². The summed E-state index contributed by atoms with van der Waals surface area (Å²) in [4.78, 5) is 9.63. The molecular formula is C12H15F2N3O2. The van der Waals surface area contributed by atoms with Crippen LogP contribution in [0.2, 0.25) is 0 Å². The highest BCUT2D eigenvalue weighted by Gasteiger charge is 2.18. The Labute approximate surface area is 109 Å². The van der Waals surface area contributed by atoms with Crippen molar-refractivity contribution in [2.45, 2.75) is 25.3 Å². The molecule has 5 nitrogen and oxygen atoms in total. The maximum atomic E-state index is 13.5. The summed E-state index contributed by atoms with van der Waals surface area (Å²) in [5.41, 5.74) is -0.887. The Bertz CT molecular complexity index is 453. The normalized spacial score (nSPS) is 18.5. The van der Waals surface area contributed by atoms with Gasteiger partial charge in [-0.25, -0.2) is 8.78 Å². The number of nitro groups is 1. The van der Waals surface area contributed by atoms with Gasteiger partial charge < -0.3 is 10.6 Å². The van der Waals surface area contributed by atoms with Crippen LogP contribution in [0.4, 0.5) is 20.2 Å². The van der Waals surface area contributed by atoms with E-state index in [1.54, 1.807) is 0 Å². The minimum absolute atomic E-state index is 0.302. The quantitative estimate of drug-likeness (QED) is 0.637. The van der Waals surface area contributed by atoms with Gasteiger partial charge in [-0.05, 0) is 25.8 Å². The Hall–Kier alpha value is -1.76. The molecule has 1 aromatic carbocycles. The summed E-state index contributed by atoms with van der Waals surface area (Å²) >= 11 is 0. The zero-order valence-corrected chi connectivity index (χ0v) is 10.3. The summed E-state index contributed by atoms with van der Waals surface area (Å²) in [6, 6.07) is 1.81. The molecular weight excluding hydrogens is 256 g/mol. The Balaban J connectivity index is 1.97. The molecule has 1 heterocycles. The molecule has 1 fully saturated rings. The lowest BCUT2D eigenvalue weighted by Crippen LogP contribution is -2.24. The SMILES string of the molecule is O=[N+]([O-])c1cc(F)c(NCC[C@@H]2CCCN2)c(F)c1. The van der Waals surface area contributed by atoms with E-state index in [1.165, 1.54) is 0 Å². The third kappa shape index (κ3) is 3.37. The van der Waals surface area contributed by atoms with E-state index in [-0.39, 0.29) is 5.69 Å². The maximum Gasteiger partial charge on any atom is 0.275 e. The van der Waals surface area contributed by atoms with Crippen LogP contribution < -0.4 is 10.6 Å². The van der Waals surface area contributed by atoms with Gasteiger partial charge in [0, 0.05) is 12.6 Å². The summed E-state index contributed by atoms with van der Waals surface area (Å²) < 4.78 is 27.1. The van der Waals surface area contributed by atoms with Crippen molar-refractivity contribution in [3.8, 4) is 0 Å². The van der Waals surface area contributed by atoms with Gasteiger partial charge in [0.25, 0.3) is 5.69 Å². The largest absolute Gasteiger partial charge is 0.380 e. The van der Waals surface area contributed by atoms with Crippen LogP contribution >= 0.6 is 0 Å². The number of hydrogen-bond donors (Lipinski definition) is 2. The lowest BCUT2D eigenvalue weighted by atomic mass is 10.1. The molecule has 2 N–H and O–H groups in total. The molecule has 1 atom stereocenters. The molecule has 0 unspecified atom stereocenters. The van der Waals surface area contributed by atoms with Crippen molar-refractivity contribution in [1.82, 2.24) is 5.32 Å². The Morgan fingerprint density at radius 1 is 1.42 bits per heavy atom. The number of rotatable bonds is 5. The van der Waals surface area contributed by atoms with E-state index in [2.05, 4.69) is 10.6 Å². The fourth-order valence-corrected chi connectivity index (χ4v) is 2.21. The van der Waals surface area contributed by atoms with Crippen LogP contribution in [0.15, 0.2) is 12.1 Å². The van der Waals surface area contributed by atoms with Crippen LogP contribution in [0.3, 0.4) is 0 Å². The molecule has 0 saturated carbocycles. The van der Waals surface area contributed by atoms with Crippen LogP contribution in [0, 0.1) is 21.7 Å². The number of anilines is 1. The van der Waals surface area contributed by atoms with Crippen LogP contribution in [0.5, 0.6) is 0 Å². The highest BCUT2D eigenvalue weighted by atomic mass is 19.1. The van der Waals surface area contributed by atoms with E-state index >= 15 is 0 Å². The van der Waals surface area contributed by atoms with Crippen molar-refractivity contribution in [2.24, 2.45) is 0 Å². The average molecular weight is 271 g/mol. The Morgan fingerprint density at radius 2 is 2.11 bits per heavy atom. The van der Waals surface area contributed by atoms with Crippen molar-refractivity contribution in [3.05, 3.63) is 33.9 Å². The summed E-state index contributed by atoms with van der Waals surface area (Å²) in [5.74, 6) is -1.88. The lowest BCUT2D eigenvalue weighted by Gasteiger charge is -2.12. The smallest absolute Gasteiger partial charge is 0.275 e. The molecule has 0 spiro atoms. The third-order valence-electron chi connectivity index (χ3n) is 3.19. The van der Waals surface area contributed by atoms with Gasteiger partial charge in [0.2, 0.25) is 0 Å². The summed E-state index contributed by atoms with van der Waals surface area (Å²) in [5, 5.41) is 16.4. The predicted octanol–water partition coefficient (Wildman–Crippen LogP) is 2.43. The van der Waals surface area contributed by atoms with Crippen LogP contribution in [-0.2, 0) is 0 Å². The van der Waals surface area contributed by atoms with Gasteiger partial charge in [-0.2, -0.15) is 0 Å². The van der Waals surface area contributed by atoms with Gasteiger partial charge in [0.05, 0.1) is 17.1 Å². The molecule has 0 bridgehead atoms. The van der Waals surface area contributed by atoms with E-state index < -0.39 is 22.2 Å². The molecule has 1 saturated heterocycles. The summed E-state index contributed by atoms with van der Waals surface area (Å²) in [6.07, 6.45) is 2.94. The average Bonchev–Trinajstić information content (AvgIpc) is 2.85. The van der Waals surface area contributed by atoms with Crippen LogP contribution in [0.1, 0.15) is 19.3 Å². The Kier molecular flexibility index (Phi) is 4.26. The van der Waals surface area contributed by atoms with Crippen LogP contribution in [0.25, 0.3) is 0 Å². The number of nitro benzene ring substituents is 1. The zero-order chi connectivity index (χ0) is 13.8. The van der Waals surface area contributed by atoms with Crippen LogP contribution in [-0.4, -0.2) is 24.1 Å². The number of halogens is 2. The van der Waals surface area contributed by atoms with Gasteiger partial charge in [-0.1, -0.05) is 0 Å². The van der Waals surface area contributed by atoms with E-state index in [9.17, 15) is 18.9 Å². The summed E-state index contributed by atoms with van der Waals surface area (Å²) in [6.45, 7) is 1.40. The lowest BCUT2D eigenvalue weighted by molar-refractivity contribution is -0.385. The van der Waals surface area contributed by atoms with Crippen molar-refractivity contribution in [3.63, 3.8) is 0 Å². The van der Waals surface area contributed by atoms with Crippen molar-refractivity contribution < 1.29 is 13.7 Å². The number of hydrogen-bond acceptors (Lipinski definition) is 4. The minimum atomic E-state index is -0.939. The summed E-state index contributed by atoms with van der Waals surface area (Å²) in [7, 11) is 0. The molecule has 0 radical (unpaired) electrons. The number of benzene rings is 1. The van der Waals surface area contributed by atoms with E-state index in [0.29, 0.717) is 12.6 Å². The van der Waals surface area contributed by atoms with Gasteiger partial charge in [0.1, 0.15) is 5.69 Å². The fraction of sp³-hybridized carbons (Fsp3) is 0.500. The third-order valence-corrected chi connectivity index (χ3v) is 3.19. The number of nitrogens with zero attached hydrogens (tertiary/aromatic N) is 1. The topological polar surface area (TPSA) is 67.2 Å². The molecule has 0 amide bonds. The molecule has 1 aliphatic rings. The highest BCUT2D eigenvalue weighted by Crippen LogP contribution is 2.24. The zero-order valence-electron chi connectivity index (χ0n) is 10.3. The van der Waals surface area contributed by atoms with Crippen molar-refractivity contribution in [1.29, 1.82) is 0 Å². The molecule has 7 heteroatoms. The predicted molar refractivity (Wildman–Crippen MR) is 67.1 cm³/mol. The number of nitrogens with one attached hydrogen (secondary N) is 2. The van der Waals surface area contributed by atoms with Gasteiger partial charge in [-0.15, -0.1) is 0 Å². The van der Waals surface area contributed by atoms with Gasteiger partial charge in [0.15, 0.2) is 11.6 Å². The Morgan fingerprint density at radius 3 is 2.63 bits per heavy atom. The van der Waals surface area contributed by atoms with Crippen molar-refractivity contribution in [2.75, 3.05) is 18.4 Å². The maximum absolute atomic E-state index is 13.5. The van der Waals surface area contributed by atoms with E-state index in [4.69, 9.17) is 0 Å². The second-order valence-corrected chi connectivity index (χ2v) is 4.55. The minimum Gasteiger partial charge on any atom is -0.380 e. The molecule has 104 valence electrons. The molecule has 0 aliphatic carbocycles. The fourth-order valence-electron chi connectivity index (χ4n) is 2.21. The first-order valence-corrected chi connectivity index (χ1v) is 6.18.